The summed E-state index contributed by atoms with van der Waals surface area (Å²) in [5.74, 6) is 0.838. The molecule has 0 aliphatic carbocycles. The first-order chi connectivity index (χ1) is 13.8. The van der Waals surface area contributed by atoms with E-state index in [4.69, 9.17) is 16.3 Å². The summed E-state index contributed by atoms with van der Waals surface area (Å²) in [5.41, 5.74) is 0.608. The maximum absolute atomic E-state index is 12.9. The molecule has 156 valence electrons. The fraction of sp³-hybridized carbons (Fsp3) is 0.381. The minimum atomic E-state index is -3.87. The molecule has 1 atom stereocenters. The van der Waals surface area contributed by atoms with Crippen LogP contribution in [0.25, 0.3) is 0 Å². The molecule has 1 aliphatic heterocycles. The molecule has 0 saturated carbocycles. The van der Waals surface area contributed by atoms with E-state index in [0.29, 0.717) is 37.1 Å². The van der Waals surface area contributed by atoms with Gasteiger partial charge in [0.15, 0.2) is 0 Å². The summed E-state index contributed by atoms with van der Waals surface area (Å²) in [6.07, 6.45) is 2.01. The molecule has 1 N–H and O–H groups in total. The molecule has 1 saturated heterocycles. The zero-order valence-electron chi connectivity index (χ0n) is 16.5. The van der Waals surface area contributed by atoms with Gasteiger partial charge in [-0.3, -0.25) is 9.52 Å². The van der Waals surface area contributed by atoms with E-state index in [1.165, 1.54) is 18.2 Å². The molecule has 1 aliphatic rings. The highest BCUT2D eigenvalue weighted by molar-refractivity contribution is 7.92. The molecule has 1 heterocycles. The lowest BCUT2D eigenvalue weighted by Crippen LogP contribution is -2.39. The van der Waals surface area contributed by atoms with Crippen molar-refractivity contribution in [3.05, 3.63) is 53.1 Å². The van der Waals surface area contributed by atoms with E-state index in [2.05, 4.69) is 11.6 Å². The van der Waals surface area contributed by atoms with Crippen LogP contribution in [-0.4, -0.2) is 38.9 Å². The first-order valence-electron chi connectivity index (χ1n) is 9.64. The molecule has 2 aromatic rings. The zero-order chi connectivity index (χ0) is 21.0. The minimum Gasteiger partial charge on any atom is -0.494 e. The first kappa shape index (κ1) is 21.5. The summed E-state index contributed by atoms with van der Waals surface area (Å²) >= 11 is 6.23. The van der Waals surface area contributed by atoms with Crippen LogP contribution in [0.3, 0.4) is 0 Å². The summed E-state index contributed by atoms with van der Waals surface area (Å²) in [4.78, 5) is 14.6. The van der Waals surface area contributed by atoms with E-state index < -0.39 is 10.0 Å². The van der Waals surface area contributed by atoms with Crippen molar-refractivity contribution in [3.63, 3.8) is 0 Å². The van der Waals surface area contributed by atoms with E-state index in [0.717, 1.165) is 12.8 Å². The van der Waals surface area contributed by atoms with Gasteiger partial charge < -0.3 is 9.64 Å². The number of hydrogen-bond donors (Lipinski definition) is 1. The van der Waals surface area contributed by atoms with Crippen molar-refractivity contribution in [1.82, 2.24) is 4.90 Å². The maximum atomic E-state index is 12.9. The second kappa shape index (κ2) is 9.05. The molecule has 0 radical (unpaired) electrons. The molecule has 1 fully saturated rings. The Labute approximate surface area is 176 Å². The number of nitrogens with zero attached hydrogens (tertiary/aromatic N) is 1. The highest BCUT2D eigenvalue weighted by Gasteiger charge is 2.25. The van der Waals surface area contributed by atoms with Gasteiger partial charge in [-0.15, -0.1) is 0 Å². The SMILES string of the molecule is CCOc1ccc(NS(=O)(=O)c2ccc(Cl)c(C(=O)N3CCCC(C)C3)c2)cc1. The summed E-state index contributed by atoms with van der Waals surface area (Å²) < 4.78 is 33.5. The summed E-state index contributed by atoms with van der Waals surface area (Å²) in [7, 11) is -3.87. The molecule has 3 rings (SSSR count). The van der Waals surface area contributed by atoms with Crippen LogP contribution in [0.15, 0.2) is 47.4 Å². The summed E-state index contributed by atoms with van der Waals surface area (Å²) in [5, 5.41) is 0.244. The third-order valence-corrected chi connectivity index (χ3v) is 6.55. The summed E-state index contributed by atoms with van der Waals surface area (Å²) in [6.45, 7) is 5.81. The topological polar surface area (TPSA) is 75.7 Å². The molecule has 0 bridgehead atoms. The van der Waals surface area contributed by atoms with Crippen LogP contribution < -0.4 is 9.46 Å². The third-order valence-electron chi connectivity index (χ3n) is 4.84. The van der Waals surface area contributed by atoms with E-state index in [9.17, 15) is 13.2 Å². The monoisotopic (exact) mass is 436 g/mol. The lowest BCUT2D eigenvalue weighted by Gasteiger charge is -2.31. The fourth-order valence-corrected chi connectivity index (χ4v) is 4.66. The Morgan fingerprint density at radius 1 is 1.24 bits per heavy atom. The number of hydrogen-bond acceptors (Lipinski definition) is 4. The number of sulfonamides is 1. The Bertz CT molecular complexity index is 977. The molecule has 2 aromatic carbocycles. The van der Waals surface area contributed by atoms with Crippen molar-refractivity contribution in [3.8, 4) is 5.75 Å². The number of carbonyl (C=O) groups excluding carboxylic acids is 1. The van der Waals surface area contributed by atoms with Gasteiger partial charge in [-0.25, -0.2) is 8.42 Å². The number of piperidine rings is 1. The van der Waals surface area contributed by atoms with Crippen molar-refractivity contribution in [1.29, 1.82) is 0 Å². The van der Waals surface area contributed by atoms with Gasteiger partial charge in [-0.1, -0.05) is 18.5 Å². The van der Waals surface area contributed by atoms with Crippen LogP contribution in [0, 0.1) is 5.92 Å². The largest absolute Gasteiger partial charge is 0.494 e. The van der Waals surface area contributed by atoms with E-state index >= 15 is 0 Å². The number of anilines is 1. The highest BCUT2D eigenvalue weighted by Crippen LogP contribution is 2.26. The van der Waals surface area contributed by atoms with Crippen LogP contribution in [0.5, 0.6) is 5.75 Å². The number of likely N-dealkylation sites (tertiary alicyclic amines) is 1. The number of ether oxygens (including phenoxy) is 1. The average Bonchev–Trinajstić information content (AvgIpc) is 2.69. The van der Waals surface area contributed by atoms with Crippen LogP contribution in [0.4, 0.5) is 5.69 Å². The van der Waals surface area contributed by atoms with Gasteiger partial charge in [-0.2, -0.15) is 0 Å². The zero-order valence-corrected chi connectivity index (χ0v) is 18.1. The second-order valence-electron chi connectivity index (χ2n) is 7.20. The van der Waals surface area contributed by atoms with E-state index in [-0.39, 0.29) is 21.4 Å². The highest BCUT2D eigenvalue weighted by atomic mass is 35.5. The molecular formula is C21H25ClN2O4S. The van der Waals surface area contributed by atoms with Gasteiger partial charge in [0.25, 0.3) is 15.9 Å². The number of rotatable bonds is 6. The molecule has 8 heteroatoms. The quantitative estimate of drug-likeness (QED) is 0.727. The molecule has 6 nitrogen and oxygen atoms in total. The van der Waals surface area contributed by atoms with E-state index in [1.54, 1.807) is 29.2 Å². The second-order valence-corrected chi connectivity index (χ2v) is 9.29. The normalized spacial score (nSPS) is 17.1. The van der Waals surface area contributed by atoms with E-state index in [1.807, 2.05) is 6.92 Å². The third kappa shape index (κ3) is 5.22. The predicted molar refractivity (Wildman–Crippen MR) is 114 cm³/mol. The van der Waals surface area contributed by atoms with Crippen molar-refractivity contribution < 1.29 is 17.9 Å². The Morgan fingerprint density at radius 3 is 2.62 bits per heavy atom. The Morgan fingerprint density at radius 2 is 1.97 bits per heavy atom. The fourth-order valence-electron chi connectivity index (χ4n) is 3.38. The smallest absolute Gasteiger partial charge is 0.261 e. The van der Waals surface area contributed by atoms with Crippen molar-refractivity contribution in [2.75, 3.05) is 24.4 Å². The van der Waals surface area contributed by atoms with Gasteiger partial charge in [0.05, 0.1) is 22.1 Å². The predicted octanol–water partition coefficient (Wildman–Crippen LogP) is 4.41. The Kier molecular flexibility index (Phi) is 6.70. The average molecular weight is 437 g/mol. The van der Waals surface area contributed by atoms with Crippen LogP contribution in [0.1, 0.15) is 37.0 Å². The molecular weight excluding hydrogens is 412 g/mol. The van der Waals surface area contributed by atoms with Crippen LogP contribution in [0.2, 0.25) is 5.02 Å². The number of carbonyl (C=O) groups is 1. The van der Waals surface area contributed by atoms with Crippen molar-refractivity contribution >= 4 is 33.2 Å². The Balaban J connectivity index is 1.82. The number of nitrogens with one attached hydrogen (secondary N) is 1. The first-order valence-corrected chi connectivity index (χ1v) is 11.5. The number of halogens is 1. The molecule has 0 spiro atoms. The standard InChI is InChI=1S/C21H25ClN2O4S/c1-3-28-17-8-6-16(7-9-17)23-29(26,27)18-10-11-20(22)19(13-18)21(25)24-12-4-5-15(2)14-24/h6-11,13,15,23H,3-5,12,14H2,1-2H3. The minimum absolute atomic E-state index is 0.0100. The maximum Gasteiger partial charge on any atom is 0.261 e. The molecule has 0 aromatic heterocycles. The van der Waals surface area contributed by atoms with Crippen molar-refractivity contribution in [2.24, 2.45) is 5.92 Å². The van der Waals surface area contributed by atoms with Gasteiger partial charge in [0.1, 0.15) is 5.75 Å². The molecule has 1 unspecified atom stereocenters. The lowest BCUT2D eigenvalue weighted by atomic mass is 9.99. The molecule has 1 amide bonds. The van der Waals surface area contributed by atoms with Gasteiger partial charge in [-0.05, 0) is 68.1 Å². The number of amides is 1. The van der Waals surface area contributed by atoms with Crippen molar-refractivity contribution in [2.45, 2.75) is 31.6 Å². The van der Waals surface area contributed by atoms with Gasteiger partial charge in [0, 0.05) is 18.8 Å². The van der Waals surface area contributed by atoms with Crippen LogP contribution in [-0.2, 0) is 10.0 Å². The van der Waals surface area contributed by atoms with Crippen LogP contribution >= 0.6 is 11.6 Å². The molecule has 29 heavy (non-hydrogen) atoms. The van der Waals surface area contributed by atoms with Gasteiger partial charge >= 0.3 is 0 Å². The Hall–Kier alpha value is -2.25. The lowest BCUT2D eigenvalue weighted by molar-refractivity contribution is 0.0683. The number of benzene rings is 2. The van der Waals surface area contributed by atoms with Gasteiger partial charge in [0.2, 0.25) is 0 Å². The summed E-state index contributed by atoms with van der Waals surface area (Å²) in [6, 6.07) is 10.8.